The standard InChI is InChI=1S/C17H17N3OS2/c1-9-4-5-12(6-10(9)2)13-8-23-16-15(13)17(21)20(7-14(18)22)11(3)19-16/h4-6,8H,7H2,1-3H3,(H2,18,22). The molecule has 4 nitrogen and oxygen atoms in total. The Morgan fingerprint density at radius 1 is 1.30 bits per heavy atom. The summed E-state index contributed by atoms with van der Waals surface area (Å²) in [4.78, 5) is 18.5. The topological polar surface area (TPSA) is 60.9 Å². The SMILES string of the molecule is Cc1ccc(-c2csc3nc(C)n(CC(N)=S)c(=O)c23)cc1C. The highest BCUT2D eigenvalue weighted by Crippen LogP contribution is 2.32. The molecule has 0 saturated heterocycles. The Balaban J connectivity index is 2.29. The van der Waals surface area contributed by atoms with Crippen molar-refractivity contribution in [3.05, 3.63) is 50.9 Å². The molecule has 0 spiro atoms. The molecule has 0 amide bonds. The van der Waals surface area contributed by atoms with Crippen LogP contribution in [0, 0.1) is 20.8 Å². The van der Waals surface area contributed by atoms with Crippen molar-refractivity contribution in [2.75, 3.05) is 0 Å². The minimum Gasteiger partial charge on any atom is -0.392 e. The van der Waals surface area contributed by atoms with E-state index in [2.05, 4.69) is 31.0 Å². The summed E-state index contributed by atoms with van der Waals surface area (Å²) in [7, 11) is 0. The van der Waals surface area contributed by atoms with Gasteiger partial charge in [-0.3, -0.25) is 9.36 Å². The second kappa shape index (κ2) is 5.86. The van der Waals surface area contributed by atoms with Crippen molar-refractivity contribution in [3.63, 3.8) is 0 Å². The van der Waals surface area contributed by atoms with Crippen molar-refractivity contribution >= 4 is 38.8 Å². The fourth-order valence-electron chi connectivity index (χ4n) is 2.59. The largest absolute Gasteiger partial charge is 0.392 e. The lowest BCUT2D eigenvalue weighted by Crippen LogP contribution is -2.29. The van der Waals surface area contributed by atoms with Crippen LogP contribution in [0.15, 0.2) is 28.4 Å². The third kappa shape index (κ3) is 2.80. The molecule has 0 fully saturated rings. The lowest BCUT2D eigenvalue weighted by Gasteiger charge is -2.09. The molecular formula is C17H17N3OS2. The van der Waals surface area contributed by atoms with Crippen LogP contribution in [0.3, 0.4) is 0 Å². The molecule has 2 heterocycles. The highest BCUT2D eigenvalue weighted by Gasteiger charge is 2.16. The molecule has 0 aliphatic heterocycles. The third-order valence-electron chi connectivity index (χ3n) is 4.02. The van der Waals surface area contributed by atoms with Gasteiger partial charge in [0.05, 0.1) is 16.9 Å². The van der Waals surface area contributed by atoms with Gasteiger partial charge in [-0.15, -0.1) is 11.3 Å². The maximum absolute atomic E-state index is 12.9. The quantitative estimate of drug-likeness (QED) is 0.741. The van der Waals surface area contributed by atoms with E-state index in [1.54, 1.807) is 11.5 Å². The molecule has 0 atom stereocenters. The number of aromatic nitrogens is 2. The zero-order chi connectivity index (χ0) is 16.7. The zero-order valence-corrected chi connectivity index (χ0v) is 14.8. The van der Waals surface area contributed by atoms with E-state index in [-0.39, 0.29) is 17.1 Å². The second-order valence-electron chi connectivity index (χ2n) is 5.65. The number of hydrogen-bond acceptors (Lipinski definition) is 4. The van der Waals surface area contributed by atoms with Crippen LogP contribution >= 0.6 is 23.6 Å². The van der Waals surface area contributed by atoms with E-state index in [1.807, 2.05) is 11.4 Å². The Morgan fingerprint density at radius 3 is 2.70 bits per heavy atom. The monoisotopic (exact) mass is 343 g/mol. The number of benzene rings is 1. The molecule has 6 heteroatoms. The van der Waals surface area contributed by atoms with E-state index in [1.165, 1.54) is 22.5 Å². The number of thiophene rings is 1. The zero-order valence-electron chi connectivity index (χ0n) is 13.2. The molecule has 0 bridgehead atoms. The molecule has 0 radical (unpaired) electrons. The molecule has 3 rings (SSSR count). The Morgan fingerprint density at radius 2 is 2.04 bits per heavy atom. The Kier molecular flexibility index (Phi) is 4.04. The van der Waals surface area contributed by atoms with Crippen LogP contribution in [0.4, 0.5) is 0 Å². The molecule has 23 heavy (non-hydrogen) atoms. The van der Waals surface area contributed by atoms with Gasteiger partial charge >= 0.3 is 0 Å². The number of aryl methyl sites for hydroxylation is 3. The number of fused-ring (bicyclic) bond motifs is 1. The van der Waals surface area contributed by atoms with Crippen LogP contribution in [0.25, 0.3) is 21.3 Å². The molecule has 0 aliphatic rings. The summed E-state index contributed by atoms with van der Waals surface area (Å²) in [6.45, 7) is 6.16. The van der Waals surface area contributed by atoms with Crippen molar-refractivity contribution in [2.24, 2.45) is 5.73 Å². The van der Waals surface area contributed by atoms with Gasteiger partial charge in [0, 0.05) is 10.9 Å². The Bertz CT molecular complexity index is 985. The van der Waals surface area contributed by atoms with E-state index in [0.717, 1.165) is 16.0 Å². The molecule has 1 aromatic carbocycles. The minimum atomic E-state index is -0.0882. The Labute approximate surface area is 143 Å². The van der Waals surface area contributed by atoms with Gasteiger partial charge in [0.2, 0.25) is 0 Å². The number of nitrogens with zero attached hydrogens (tertiary/aromatic N) is 2. The lowest BCUT2D eigenvalue weighted by molar-refractivity contribution is 0.753. The van der Waals surface area contributed by atoms with E-state index in [4.69, 9.17) is 18.0 Å². The van der Waals surface area contributed by atoms with Crippen LogP contribution in [0.1, 0.15) is 17.0 Å². The van der Waals surface area contributed by atoms with Crippen LogP contribution in [-0.4, -0.2) is 14.5 Å². The van der Waals surface area contributed by atoms with Gasteiger partial charge in [-0.05, 0) is 37.5 Å². The van der Waals surface area contributed by atoms with Crippen molar-refractivity contribution in [1.82, 2.24) is 9.55 Å². The molecule has 0 aliphatic carbocycles. The van der Waals surface area contributed by atoms with E-state index < -0.39 is 0 Å². The molecule has 2 aromatic heterocycles. The first kappa shape index (κ1) is 15.8. The predicted molar refractivity (Wildman–Crippen MR) is 100 cm³/mol. The summed E-state index contributed by atoms with van der Waals surface area (Å²) in [6.07, 6.45) is 0. The number of thiocarbonyl (C=S) groups is 1. The first-order valence-electron chi connectivity index (χ1n) is 7.23. The normalized spacial score (nSPS) is 11.1. The van der Waals surface area contributed by atoms with Crippen molar-refractivity contribution < 1.29 is 0 Å². The van der Waals surface area contributed by atoms with Gasteiger partial charge in [-0.2, -0.15) is 0 Å². The van der Waals surface area contributed by atoms with E-state index in [0.29, 0.717) is 11.2 Å². The molecule has 3 aromatic rings. The van der Waals surface area contributed by atoms with Gasteiger partial charge in [-0.1, -0.05) is 30.4 Å². The highest BCUT2D eigenvalue weighted by molar-refractivity contribution is 7.80. The van der Waals surface area contributed by atoms with Gasteiger partial charge in [0.25, 0.3) is 5.56 Å². The van der Waals surface area contributed by atoms with Crippen molar-refractivity contribution in [3.8, 4) is 11.1 Å². The van der Waals surface area contributed by atoms with Crippen molar-refractivity contribution in [2.45, 2.75) is 27.3 Å². The van der Waals surface area contributed by atoms with Crippen molar-refractivity contribution in [1.29, 1.82) is 0 Å². The Hall–Kier alpha value is -2.05. The van der Waals surface area contributed by atoms with E-state index >= 15 is 0 Å². The molecular weight excluding hydrogens is 326 g/mol. The van der Waals surface area contributed by atoms with Crippen LogP contribution < -0.4 is 11.3 Å². The summed E-state index contributed by atoms with van der Waals surface area (Å²) in [5.74, 6) is 0.629. The maximum Gasteiger partial charge on any atom is 0.263 e. The summed E-state index contributed by atoms with van der Waals surface area (Å²) in [5.41, 5.74) is 9.91. The molecule has 2 N–H and O–H groups in total. The first-order valence-corrected chi connectivity index (χ1v) is 8.52. The smallest absolute Gasteiger partial charge is 0.263 e. The minimum absolute atomic E-state index is 0.0882. The molecule has 0 saturated carbocycles. The number of rotatable bonds is 3. The average molecular weight is 343 g/mol. The summed E-state index contributed by atoms with van der Waals surface area (Å²) >= 11 is 6.44. The van der Waals surface area contributed by atoms with Crippen LogP contribution in [0.2, 0.25) is 0 Å². The predicted octanol–water partition coefficient (Wildman–Crippen LogP) is 3.34. The summed E-state index contributed by atoms with van der Waals surface area (Å²) in [5, 5.41) is 2.63. The number of hydrogen-bond donors (Lipinski definition) is 1. The van der Waals surface area contributed by atoms with Gasteiger partial charge < -0.3 is 5.73 Å². The maximum atomic E-state index is 12.9. The molecule has 118 valence electrons. The highest BCUT2D eigenvalue weighted by atomic mass is 32.1. The van der Waals surface area contributed by atoms with E-state index in [9.17, 15) is 4.79 Å². The lowest BCUT2D eigenvalue weighted by atomic mass is 10.0. The summed E-state index contributed by atoms with van der Waals surface area (Å²) in [6, 6.07) is 6.22. The molecule has 0 unspecified atom stereocenters. The summed E-state index contributed by atoms with van der Waals surface area (Å²) < 4.78 is 1.54. The van der Waals surface area contributed by atoms with Gasteiger partial charge in [-0.25, -0.2) is 4.98 Å². The number of nitrogens with two attached hydrogens (primary N) is 1. The third-order valence-corrected chi connectivity index (χ3v) is 5.02. The van der Waals surface area contributed by atoms with Gasteiger partial charge in [0.1, 0.15) is 10.7 Å². The van der Waals surface area contributed by atoms with Crippen LogP contribution in [0.5, 0.6) is 0 Å². The average Bonchev–Trinajstić information content (AvgIpc) is 2.90. The first-order chi connectivity index (χ1) is 10.9. The van der Waals surface area contributed by atoms with Gasteiger partial charge in [0.15, 0.2) is 0 Å². The fraction of sp³-hybridized carbons (Fsp3) is 0.235. The second-order valence-corrected chi connectivity index (χ2v) is 7.03. The fourth-order valence-corrected chi connectivity index (χ4v) is 3.70. The van der Waals surface area contributed by atoms with Crippen LogP contribution in [-0.2, 0) is 6.54 Å².